The maximum Gasteiger partial charge on any atom is 0.0715 e. The molecule has 2 aliphatic rings. The molecule has 0 aromatic rings. The second kappa shape index (κ2) is 6.85. The highest BCUT2D eigenvalue weighted by Crippen LogP contribution is 2.15. The molecule has 4 atom stereocenters. The van der Waals surface area contributed by atoms with Crippen LogP contribution in [0.1, 0.15) is 33.6 Å². The molecule has 0 spiro atoms. The second-order valence-corrected chi connectivity index (χ2v) is 5.75. The van der Waals surface area contributed by atoms with Crippen molar-refractivity contribution in [3.05, 3.63) is 0 Å². The Hall–Kier alpha value is -0.160. The fourth-order valence-corrected chi connectivity index (χ4v) is 2.92. The van der Waals surface area contributed by atoms with Gasteiger partial charge in [0.25, 0.3) is 0 Å². The molecular formula is C14H28N2O2. The highest BCUT2D eigenvalue weighted by Gasteiger charge is 2.25. The van der Waals surface area contributed by atoms with Crippen molar-refractivity contribution in [2.75, 3.05) is 32.7 Å². The van der Waals surface area contributed by atoms with E-state index in [0.717, 1.165) is 45.6 Å². The van der Waals surface area contributed by atoms with Crippen LogP contribution in [0.25, 0.3) is 0 Å². The Labute approximate surface area is 111 Å². The van der Waals surface area contributed by atoms with Gasteiger partial charge < -0.3 is 14.8 Å². The zero-order chi connectivity index (χ0) is 13.0. The van der Waals surface area contributed by atoms with E-state index in [1.807, 2.05) is 0 Å². The fourth-order valence-electron chi connectivity index (χ4n) is 2.92. The summed E-state index contributed by atoms with van der Waals surface area (Å²) in [5, 5.41) is 3.43. The van der Waals surface area contributed by atoms with Crippen molar-refractivity contribution < 1.29 is 9.47 Å². The molecule has 0 aliphatic carbocycles. The molecule has 4 heteroatoms. The molecule has 2 heterocycles. The summed E-state index contributed by atoms with van der Waals surface area (Å²) in [5.41, 5.74) is 0. The van der Waals surface area contributed by atoms with E-state index >= 15 is 0 Å². The third-order valence-electron chi connectivity index (χ3n) is 3.85. The molecule has 4 unspecified atom stereocenters. The maximum absolute atomic E-state index is 5.94. The lowest BCUT2D eigenvalue weighted by molar-refractivity contribution is -0.0852. The Morgan fingerprint density at radius 3 is 2.56 bits per heavy atom. The first-order valence-corrected chi connectivity index (χ1v) is 7.41. The Balaban J connectivity index is 1.72. The quantitative estimate of drug-likeness (QED) is 0.821. The van der Waals surface area contributed by atoms with Gasteiger partial charge in [0.2, 0.25) is 0 Å². The van der Waals surface area contributed by atoms with E-state index in [9.17, 15) is 0 Å². The van der Waals surface area contributed by atoms with Gasteiger partial charge in [0, 0.05) is 32.7 Å². The Bertz CT molecular complexity index is 250. The zero-order valence-corrected chi connectivity index (χ0v) is 12.0. The van der Waals surface area contributed by atoms with Crippen molar-refractivity contribution in [1.29, 1.82) is 0 Å². The van der Waals surface area contributed by atoms with Gasteiger partial charge in [-0.2, -0.15) is 0 Å². The first kappa shape index (κ1) is 14.3. The minimum absolute atomic E-state index is 0.357. The molecule has 0 aromatic heterocycles. The summed E-state index contributed by atoms with van der Waals surface area (Å²) >= 11 is 0. The van der Waals surface area contributed by atoms with Crippen LogP contribution in [0.15, 0.2) is 0 Å². The van der Waals surface area contributed by atoms with Crippen LogP contribution < -0.4 is 5.32 Å². The molecule has 0 amide bonds. The van der Waals surface area contributed by atoms with Crippen LogP contribution in [-0.4, -0.2) is 62.0 Å². The maximum atomic E-state index is 5.94. The van der Waals surface area contributed by atoms with Crippen LogP contribution in [0.3, 0.4) is 0 Å². The Morgan fingerprint density at radius 1 is 1.06 bits per heavy atom. The Kier molecular flexibility index (Phi) is 5.42. The van der Waals surface area contributed by atoms with Gasteiger partial charge in [0.05, 0.1) is 24.4 Å². The monoisotopic (exact) mass is 256 g/mol. The number of ether oxygens (including phenoxy) is 2. The van der Waals surface area contributed by atoms with Crippen LogP contribution in [0, 0.1) is 0 Å². The zero-order valence-electron chi connectivity index (χ0n) is 12.0. The minimum atomic E-state index is 0.357. The van der Waals surface area contributed by atoms with Crippen molar-refractivity contribution >= 4 is 0 Å². The summed E-state index contributed by atoms with van der Waals surface area (Å²) in [6.07, 6.45) is 3.76. The van der Waals surface area contributed by atoms with Gasteiger partial charge in [-0.25, -0.2) is 0 Å². The van der Waals surface area contributed by atoms with Crippen molar-refractivity contribution in [2.24, 2.45) is 0 Å². The number of hydrogen-bond acceptors (Lipinski definition) is 4. The molecule has 0 radical (unpaired) electrons. The van der Waals surface area contributed by atoms with E-state index in [2.05, 4.69) is 31.0 Å². The summed E-state index contributed by atoms with van der Waals surface area (Å²) in [6, 6.07) is 0. The third kappa shape index (κ3) is 4.19. The van der Waals surface area contributed by atoms with Crippen LogP contribution in [-0.2, 0) is 9.47 Å². The molecule has 2 fully saturated rings. The summed E-state index contributed by atoms with van der Waals surface area (Å²) in [5.74, 6) is 0. The third-order valence-corrected chi connectivity index (χ3v) is 3.85. The highest BCUT2D eigenvalue weighted by atomic mass is 16.5. The molecule has 0 aromatic carbocycles. The predicted molar refractivity (Wildman–Crippen MR) is 72.9 cm³/mol. The Morgan fingerprint density at radius 2 is 1.83 bits per heavy atom. The molecular weight excluding hydrogens is 228 g/mol. The van der Waals surface area contributed by atoms with Gasteiger partial charge in [-0.05, 0) is 26.7 Å². The van der Waals surface area contributed by atoms with E-state index in [0.29, 0.717) is 24.4 Å². The molecule has 0 bridgehead atoms. The van der Waals surface area contributed by atoms with Gasteiger partial charge in [-0.15, -0.1) is 0 Å². The summed E-state index contributed by atoms with van der Waals surface area (Å²) in [4.78, 5) is 2.53. The van der Waals surface area contributed by atoms with Crippen molar-refractivity contribution in [1.82, 2.24) is 10.2 Å². The van der Waals surface area contributed by atoms with Crippen LogP contribution >= 0.6 is 0 Å². The van der Waals surface area contributed by atoms with Gasteiger partial charge >= 0.3 is 0 Å². The number of nitrogens with zero attached hydrogens (tertiary/aromatic N) is 1. The highest BCUT2D eigenvalue weighted by molar-refractivity contribution is 4.78. The van der Waals surface area contributed by atoms with Gasteiger partial charge in [0.15, 0.2) is 0 Å². The van der Waals surface area contributed by atoms with Gasteiger partial charge in [-0.3, -0.25) is 4.90 Å². The summed E-state index contributed by atoms with van der Waals surface area (Å²) in [7, 11) is 0. The van der Waals surface area contributed by atoms with E-state index < -0.39 is 0 Å². The number of rotatable bonds is 4. The fraction of sp³-hybridized carbons (Fsp3) is 1.00. The standard InChI is InChI=1S/C14H28N2O2/c1-4-13-10-16(9-12(3)18-13)6-5-14-8-15-7-11(2)17-14/h11-15H,4-10H2,1-3H3. The summed E-state index contributed by atoms with van der Waals surface area (Å²) in [6.45, 7) is 11.8. The number of morpholine rings is 2. The second-order valence-electron chi connectivity index (χ2n) is 5.75. The van der Waals surface area contributed by atoms with Gasteiger partial charge in [0.1, 0.15) is 0 Å². The largest absolute Gasteiger partial charge is 0.373 e. The molecule has 18 heavy (non-hydrogen) atoms. The van der Waals surface area contributed by atoms with E-state index in [4.69, 9.17) is 9.47 Å². The first-order chi connectivity index (χ1) is 8.67. The van der Waals surface area contributed by atoms with Crippen LogP contribution in [0.2, 0.25) is 0 Å². The number of hydrogen-bond donors (Lipinski definition) is 1. The molecule has 2 rings (SSSR count). The van der Waals surface area contributed by atoms with Crippen molar-refractivity contribution in [2.45, 2.75) is 58.0 Å². The number of nitrogens with one attached hydrogen (secondary N) is 1. The molecule has 2 aliphatic heterocycles. The van der Waals surface area contributed by atoms with Crippen molar-refractivity contribution in [3.63, 3.8) is 0 Å². The van der Waals surface area contributed by atoms with Crippen molar-refractivity contribution in [3.8, 4) is 0 Å². The lowest BCUT2D eigenvalue weighted by Crippen LogP contribution is -2.49. The molecule has 1 N–H and O–H groups in total. The van der Waals surface area contributed by atoms with Crippen LogP contribution in [0.5, 0.6) is 0 Å². The van der Waals surface area contributed by atoms with E-state index in [1.165, 1.54) is 0 Å². The van der Waals surface area contributed by atoms with E-state index in [1.54, 1.807) is 0 Å². The minimum Gasteiger partial charge on any atom is -0.373 e. The average molecular weight is 256 g/mol. The lowest BCUT2D eigenvalue weighted by Gasteiger charge is -2.37. The SMILES string of the molecule is CCC1CN(CCC2CNCC(C)O2)CC(C)O1. The molecule has 2 saturated heterocycles. The predicted octanol–water partition coefficient (Wildman–Crippen LogP) is 1.25. The smallest absolute Gasteiger partial charge is 0.0715 e. The molecule has 106 valence electrons. The molecule has 0 saturated carbocycles. The average Bonchev–Trinajstić information content (AvgIpc) is 2.36. The van der Waals surface area contributed by atoms with Crippen LogP contribution in [0.4, 0.5) is 0 Å². The normalized spacial score (nSPS) is 38.8. The van der Waals surface area contributed by atoms with E-state index in [-0.39, 0.29) is 0 Å². The van der Waals surface area contributed by atoms with Gasteiger partial charge in [-0.1, -0.05) is 6.92 Å². The summed E-state index contributed by atoms with van der Waals surface area (Å²) < 4.78 is 11.8. The first-order valence-electron chi connectivity index (χ1n) is 7.41. The topological polar surface area (TPSA) is 33.7 Å². The molecule has 4 nitrogen and oxygen atoms in total. The lowest BCUT2D eigenvalue weighted by atomic mass is 10.1.